The van der Waals surface area contributed by atoms with Gasteiger partial charge in [0.2, 0.25) is 0 Å². The fourth-order valence-corrected chi connectivity index (χ4v) is 4.32. The van der Waals surface area contributed by atoms with Crippen LogP contribution in [-0.4, -0.2) is 16.1 Å². The molecule has 0 nitrogen and oxygen atoms in total. The summed E-state index contributed by atoms with van der Waals surface area (Å²) in [6.07, 6.45) is 13.2. The normalized spacial score (nSPS) is 30.8. The van der Waals surface area contributed by atoms with Gasteiger partial charge in [-0.3, -0.25) is 0 Å². The second-order valence-corrected chi connectivity index (χ2v) is 8.80. The van der Waals surface area contributed by atoms with E-state index in [4.69, 9.17) is 46.4 Å². The fraction of sp³-hybridized carbons (Fsp3) is 0.700. The Morgan fingerprint density at radius 3 is 2.42 bits per heavy atom. The summed E-state index contributed by atoms with van der Waals surface area (Å²) in [7, 11) is 0. The fourth-order valence-electron chi connectivity index (χ4n) is 3.21. The van der Waals surface area contributed by atoms with Crippen molar-refractivity contribution in [3.05, 3.63) is 33.7 Å². The summed E-state index contributed by atoms with van der Waals surface area (Å²) >= 11 is 25.8. The first-order valence-electron chi connectivity index (χ1n) is 9.09. The van der Waals surface area contributed by atoms with E-state index >= 15 is 0 Å². The molecule has 0 aromatic heterocycles. The van der Waals surface area contributed by atoms with Gasteiger partial charge in [-0.1, -0.05) is 36.6 Å². The second-order valence-electron chi connectivity index (χ2n) is 6.69. The van der Waals surface area contributed by atoms with E-state index in [-0.39, 0.29) is 16.1 Å². The Morgan fingerprint density at radius 2 is 1.58 bits per heavy atom. The molecule has 24 heavy (non-hydrogen) atoms. The minimum absolute atomic E-state index is 0.0309. The highest BCUT2D eigenvalue weighted by Crippen LogP contribution is 2.31. The van der Waals surface area contributed by atoms with E-state index in [1.54, 1.807) is 0 Å². The first-order chi connectivity index (χ1) is 11.6. The van der Waals surface area contributed by atoms with Crippen LogP contribution in [0.4, 0.5) is 0 Å². The Kier molecular flexibility index (Phi) is 9.42. The van der Waals surface area contributed by atoms with Crippen molar-refractivity contribution in [2.45, 2.75) is 86.8 Å². The average molecular weight is 408 g/mol. The highest BCUT2D eigenvalue weighted by Gasteiger charge is 2.20. The van der Waals surface area contributed by atoms with Crippen LogP contribution in [0.1, 0.15) is 70.6 Å². The maximum Gasteiger partial charge on any atom is 0.0667 e. The summed E-state index contributed by atoms with van der Waals surface area (Å²) in [5.41, 5.74) is 9.04. The molecule has 0 saturated heterocycles. The molecule has 0 aromatic carbocycles. The summed E-state index contributed by atoms with van der Waals surface area (Å²) < 4.78 is 0. The molecule has 0 saturated carbocycles. The smallest absolute Gasteiger partial charge is 0.0667 e. The minimum atomic E-state index is -0.0386. The molecule has 134 valence electrons. The van der Waals surface area contributed by atoms with Crippen molar-refractivity contribution in [2.24, 2.45) is 0 Å². The minimum Gasteiger partial charge on any atom is -0.121 e. The van der Waals surface area contributed by atoms with Crippen LogP contribution in [0.2, 0.25) is 0 Å². The maximum atomic E-state index is 6.71. The van der Waals surface area contributed by atoms with E-state index in [9.17, 15) is 0 Å². The lowest BCUT2D eigenvalue weighted by Crippen LogP contribution is -2.15. The van der Waals surface area contributed by atoms with Crippen molar-refractivity contribution >= 4 is 46.4 Å². The van der Waals surface area contributed by atoms with Crippen LogP contribution < -0.4 is 0 Å². The summed E-state index contributed by atoms with van der Waals surface area (Å²) in [5, 5.41) is 0.820. The van der Waals surface area contributed by atoms with Gasteiger partial charge in [-0.2, -0.15) is 0 Å². The highest BCUT2D eigenvalue weighted by atomic mass is 35.5. The maximum absolute atomic E-state index is 6.71. The Hall–Kier alpha value is 0.200. The lowest BCUT2D eigenvalue weighted by Gasteiger charge is -2.19. The van der Waals surface area contributed by atoms with Crippen LogP contribution >= 0.6 is 46.4 Å². The Morgan fingerprint density at radius 1 is 0.833 bits per heavy atom. The molecule has 0 N–H and O–H groups in total. The number of halogens is 4. The third-order valence-corrected chi connectivity index (χ3v) is 6.57. The van der Waals surface area contributed by atoms with Crippen molar-refractivity contribution < 1.29 is 0 Å². The molecule has 0 aromatic rings. The Bertz CT molecular complexity index is 536. The molecule has 0 radical (unpaired) electrons. The van der Waals surface area contributed by atoms with Gasteiger partial charge < -0.3 is 0 Å². The molecule has 0 fully saturated rings. The topological polar surface area (TPSA) is 0 Å². The highest BCUT2D eigenvalue weighted by molar-refractivity contribution is 6.30. The van der Waals surface area contributed by atoms with Gasteiger partial charge in [-0.25, -0.2) is 0 Å². The van der Waals surface area contributed by atoms with E-state index < -0.39 is 0 Å². The molecule has 2 rings (SSSR count). The number of alkyl halides is 3. The first kappa shape index (κ1) is 20.5. The Labute approximate surface area is 166 Å². The summed E-state index contributed by atoms with van der Waals surface area (Å²) in [6, 6.07) is 0. The molecule has 0 bridgehead atoms. The van der Waals surface area contributed by atoms with Gasteiger partial charge >= 0.3 is 0 Å². The van der Waals surface area contributed by atoms with Crippen LogP contribution in [0.5, 0.6) is 0 Å². The Balaban J connectivity index is 2.31. The van der Waals surface area contributed by atoms with Crippen LogP contribution in [0, 0.1) is 0 Å². The van der Waals surface area contributed by atoms with E-state index in [0.717, 1.165) is 74.0 Å². The standard InChI is InChI=1S/C20H26Cl4/c21-16-10-3-1-2-4-11-18(22)17(14-16)15-8-5-6-12-19(23)20(24)13-7-9-15/h5,18-20H,1-4,6-7,9-13H2. The van der Waals surface area contributed by atoms with E-state index in [1.807, 2.05) is 0 Å². The van der Waals surface area contributed by atoms with Crippen LogP contribution in [0.15, 0.2) is 33.7 Å². The molecular formula is C20H26Cl4. The number of hydrogen-bond acceptors (Lipinski definition) is 0. The SMILES string of the molecule is ClC1=C=C(C2=C=CCCC(Cl)C(Cl)CCC2)C(Cl)CCCCCC1. The monoisotopic (exact) mass is 406 g/mol. The molecule has 3 unspecified atom stereocenters. The molecule has 2 aliphatic rings. The second kappa shape index (κ2) is 11.0. The number of allylic oxidation sites excluding steroid dienone is 2. The van der Waals surface area contributed by atoms with Crippen molar-refractivity contribution in [1.82, 2.24) is 0 Å². The molecule has 0 heterocycles. The van der Waals surface area contributed by atoms with Gasteiger partial charge in [0.25, 0.3) is 0 Å². The van der Waals surface area contributed by atoms with Crippen LogP contribution in [0.3, 0.4) is 0 Å². The van der Waals surface area contributed by atoms with Crippen LogP contribution in [0.25, 0.3) is 0 Å². The van der Waals surface area contributed by atoms with Crippen molar-refractivity contribution in [1.29, 1.82) is 0 Å². The first-order valence-corrected chi connectivity index (χ1v) is 10.8. The number of rotatable bonds is 1. The van der Waals surface area contributed by atoms with E-state index in [2.05, 4.69) is 17.5 Å². The zero-order valence-electron chi connectivity index (χ0n) is 14.1. The molecule has 4 heteroatoms. The molecular weight excluding hydrogens is 382 g/mol. The van der Waals surface area contributed by atoms with Crippen molar-refractivity contribution in [3.8, 4) is 0 Å². The number of hydrogen-bond donors (Lipinski definition) is 0. The van der Waals surface area contributed by atoms with Crippen molar-refractivity contribution in [3.63, 3.8) is 0 Å². The van der Waals surface area contributed by atoms with Gasteiger partial charge in [-0.15, -0.1) is 40.5 Å². The largest absolute Gasteiger partial charge is 0.121 e. The predicted octanol–water partition coefficient (Wildman–Crippen LogP) is 7.86. The van der Waals surface area contributed by atoms with Gasteiger partial charge in [0.15, 0.2) is 0 Å². The van der Waals surface area contributed by atoms with E-state index in [0.29, 0.717) is 0 Å². The van der Waals surface area contributed by atoms with Crippen LogP contribution in [-0.2, 0) is 0 Å². The zero-order valence-corrected chi connectivity index (χ0v) is 17.1. The average Bonchev–Trinajstić information content (AvgIpc) is 2.57. The van der Waals surface area contributed by atoms with Crippen molar-refractivity contribution in [2.75, 3.05) is 0 Å². The molecule has 2 aliphatic carbocycles. The van der Waals surface area contributed by atoms with Gasteiger partial charge in [0.05, 0.1) is 15.8 Å². The predicted molar refractivity (Wildman–Crippen MR) is 108 cm³/mol. The summed E-state index contributed by atoms with van der Waals surface area (Å²) in [6.45, 7) is 0. The quantitative estimate of drug-likeness (QED) is 0.306. The third kappa shape index (κ3) is 6.84. The molecule has 0 aliphatic heterocycles. The molecule has 3 atom stereocenters. The van der Waals surface area contributed by atoms with Gasteiger partial charge in [0.1, 0.15) is 0 Å². The lowest BCUT2D eigenvalue weighted by atomic mass is 9.93. The summed E-state index contributed by atoms with van der Waals surface area (Å²) in [5.74, 6) is 0. The third-order valence-electron chi connectivity index (χ3n) is 4.67. The van der Waals surface area contributed by atoms with Gasteiger partial charge in [0, 0.05) is 16.5 Å². The lowest BCUT2D eigenvalue weighted by molar-refractivity contribution is 0.608. The summed E-state index contributed by atoms with van der Waals surface area (Å²) in [4.78, 5) is 0. The van der Waals surface area contributed by atoms with E-state index in [1.165, 1.54) is 12.8 Å². The molecule has 0 spiro atoms. The van der Waals surface area contributed by atoms with Gasteiger partial charge in [-0.05, 0) is 57.4 Å². The zero-order chi connectivity index (χ0) is 17.4. The molecule has 0 amide bonds.